The van der Waals surface area contributed by atoms with Crippen LogP contribution < -0.4 is 5.32 Å². The molecule has 0 saturated carbocycles. The topological polar surface area (TPSA) is 64.6 Å². The van der Waals surface area contributed by atoms with Gasteiger partial charge >= 0.3 is 12.1 Å². The molecule has 0 radical (unpaired) electrons. The molecule has 0 fully saturated rings. The Morgan fingerprint density at radius 3 is 2.03 bits per heavy atom. The van der Waals surface area contributed by atoms with Crippen molar-refractivity contribution in [3.05, 3.63) is 95.6 Å². The van der Waals surface area contributed by atoms with Crippen LogP contribution in [0.3, 0.4) is 0 Å². The summed E-state index contributed by atoms with van der Waals surface area (Å²) in [6.07, 6.45) is -0.553. The predicted octanol–water partition coefficient (Wildman–Crippen LogP) is 4.31. The number of ether oxygens (including phenoxy) is 2. The molecular weight excluding hydrogens is 378 g/mol. The number of fused-ring (bicyclic) bond motifs is 3. The first-order valence-electron chi connectivity index (χ1n) is 9.95. The summed E-state index contributed by atoms with van der Waals surface area (Å²) < 4.78 is 10.3. The molecule has 0 heterocycles. The molecular formula is C25H23NO4. The summed E-state index contributed by atoms with van der Waals surface area (Å²) in [6, 6.07) is 25.1. The Balaban J connectivity index is 1.38. The number of carbonyl (C=O) groups is 2. The van der Waals surface area contributed by atoms with Crippen molar-refractivity contribution in [2.45, 2.75) is 18.4 Å². The smallest absolute Gasteiger partial charge is 0.433 e. The monoisotopic (exact) mass is 401 g/mol. The number of esters is 1. The van der Waals surface area contributed by atoms with E-state index in [-0.39, 0.29) is 12.5 Å². The van der Waals surface area contributed by atoms with Gasteiger partial charge in [0.2, 0.25) is 0 Å². The first kappa shape index (κ1) is 19.9. The number of carbonyl (C=O) groups excluding carboxylic acids is 2. The fraction of sp³-hybridized carbons (Fsp3) is 0.200. The summed E-state index contributed by atoms with van der Waals surface area (Å²) >= 11 is 0. The molecule has 1 aliphatic carbocycles. The zero-order valence-corrected chi connectivity index (χ0v) is 16.7. The average Bonchev–Trinajstić information content (AvgIpc) is 3.10. The average molecular weight is 401 g/mol. The van der Waals surface area contributed by atoms with E-state index in [0.29, 0.717) is 6.42 Å². The van der Waals surface area contributed by atoms with Gasteiger partial charge in [-0.1, -0.05) is 78.9 Å². The van der Waals surface area contributed by atoms with Crippen LogP contribution in [-0.2, 0) is 20.7 Å². The third kappa shape index (κ3) is 4.11. The van der Waals surface area contributed by atoms with Crippen molar-refractivity contribution in [1.82, 2.24) is 5.32 Å². The number of rotatable bonds is 6. The second kappa shape index (κ2) is 8.93. The SMILES string of the molecule is CN[C@@H](Cc1ccccc1)C(=O)OC(=O)OCC1c2ccccc2-c2ccccc21. The minimum absolute atomic E-state index is 0.0792. The molecule has 0 bridgehead atoms. The van der Waals surface area contributed by atoms with E-state index in [1.165, 1.54) is 0 Å². The standard InChI is InChI=1S/C25H23NO4/c1-26-23(15-17-9-3-2-4-10-17)24(27)30-25(28)29-16-22-20-13-7-5-11-18(20)19-12-6-8-14-21(19)22/h2-14,22-23,26H,15-16H2,1H3/t23-/m0/s1. The van der Waals surface area contributed by atoms with E-state index in [9.17, 15) is 9.59 Å². The Kier molecular flexibility index (Phi) is 5.91. The third-order valence-corrected chi connectivity index (χ3v) is 5.43. The molecule has 0 aliphatic heterocycles. The molecule has 0 spiro atoms. The van der Waals surface area contributed by atoms with Crippen LogP contribution in [0.1, 0.15) is 22.6 Å². The fourth-order valence-corrected chi connectivity index (χ4v) is 3.93. The molecule has 1 aliphatic rings. The molecule has 3 aromatic rings. The van der Waals surface area contributed by atoms with Gasteiger partial charge in [0.1, 0.15) is 12.6 Å². The summed E-state index contributed by atoms with van der Waals surface area (Å²) in [4.78, 5) is 24.6. The van der Waals surface area contributed by atoms with E-state index < -0.39 is 18.2 Å². The van der Waals surface area contributed by atoms with Crippen LogP contribution in [0.4, 0.5) is 4.79 Å². The molecule has 0 saturated heterocycles. The van der Waals surface area contributed by atoms with Gasteiger partial charge in [-0.3, -0.25) is 0 Å². The quantitative estimate of drug-likeness (QED) is 0.493. The highest BCUT2D eigenvalue weighted by molar-refractivity contribution is 5.86. The molecule has 4 rings (SSSR count). The fourth-order valence-electron chi connectivity index (χ4n) is 3.93. The van der Waals surface area contributed by atoms with Crippen LogP contribution in [0.25, 0.3) is 11.1 Å². The number of hydrogen-bond donors (Lipinski definition) is 1. The maximum atomic E-state index is 12.4. The summed E-state index contributed by atoms with van der Waals surface area (Å²) in [5.41, 5.74) is 5.47. The van der Waals surface area contributed by atoms with Crippen molar-refractivity contribution in [2.24, 2.45) is 0 Å². The maximum Gasteiger partial charge on any atom is 0.516 e. The lowest BCUT2D eigenvalue weighted by Crippen LogP contribution is -2.38. The second-order valence-corrected chi connectivity index (χ2v) is 7.24. The van der Waals surface area contributed by atoms with E-state index in [0.717, 1.165) is 27.8 Å². The molecule has 3 aromatic carbocycles. The van der Waals surface area contributed by atoms with Crippen LogP contribution in [0.15, 0.2) is 78.9 Å². The molecule has 0 amide bonds. The molecule has 152 valence electrons. The highest BCUT2D eigenvalue weighted by Gasteiger charge is 2.30. The Hall–Kier alpha value is -3.44. The van der Waals surface area contributed by atoms with Crippen molar-refractivity contribution in [1.29, 1.82) is 0 Å². The predicted molar refractivity (Wildman–Crippen MR) is 114 cm³/mol. The van der Waals surface area contributed by atoms with Gasteiger partial charge in [-0.2, -0.15) is 0 Å². The normalized spacial score (nSPS) is 13.2. The van der Waals surface area contributed by atoms with Gasteiger partial charge in [-0.15, -0.1) is 0 Å². The van der Waals surface area contributed by atoms with Crippen molar-refractivity contribution >= 4 is 12.1 Å². The molecule has 30 heavy (non-hydrogen) atoms. The molecule has 0 unspecified atom stereocenters. The molecule has 5 nitrogen and oxygen atoms in total. The van der Waals surface area contributed by atoms with Crippen LogP contribution in [0.5, 0.6) is 0 Å². The van der Waals surface area contributed by atoms with Crippen molar-refractivity contribution in [3.63, 3.8) is 0 Å². The summed E-state index contributed by atoms with van der Waals surface area (Å²) in [5.74, 6) is -0.733. The van der Waals surface area contributed by atoms with Gasteiger partial charge in [0.25, 0.3) is 0 Å². The van der Waals surface area contributed by atoms with Crippen LogP contribution in [0.2, 0.25) is 0 Å². The molecule has 5 heteroatoms. The maximum absolute atomic E-state index is 12.4. The number of likely N-dealkylation sites (N-methyl/N-ethyl adjacent to an activating group) is 1. The molecule has 0 aromatic heterocycles. The first-order chi connectivity index (χ1) is 14.7. The lowest BCUT2D eigenvalue weighted by molar-refractivity contribution is -0.142. The highest BCUT2D eigenvalue weighted by atomic mass is 16.7. The van der Waals surface area contributed by atoms with Crippen LogP contribution in [0, 0.1) is 0 Å². The summed E-state index contributed by atoms with van der Waals surface area (Å²) in [6.45, 7) is 0.114. The van der Waals surface area contributed by atoms with Crippen molar-refractivity contribution < 1.29 is 19.1 Å². The minimum Gasteiger partial charge on any atom is -0.433 e. The molecule has 1 atom stereocenters. The number of benzene rings is 3. The van der Waals surface area contributed by atoms with Crippen molar-refractivity contribution in [2.75, 3.05) is 13.7 Å². The second-order valence-electron chi connectivity index (χ2n) is 7.24. The van der Waals surface area contributed by atoms with E-state index in [1.54, 1.807) is 7.05 Å². The van der Waals surface area contributed by atoms with Gasteiger partial charge in [-0.25, -0.2) is 9.59 Å². The minimum atomic E-state index is -0.977. The lowest BCUT2D eigenvalue weighted by atomic mass is 9.98. The Morgan fingerprint density at radius 2 is 1.43 bits per heavy atom. The number of nitrogens with one attached hydrogen (secondary N) is 1. The van der Waals surface area contributed by atoms with Crippen LogP contribution in [-0.4, -0.2) is 31.8 Å². The summed E-state index contributed by atoms with van der Waals surface area (Å²) in [5, 5.41) is 2.90. The van der Waals surface area contributed by atoms with Gasteiger partial charge in [-0.05, 0) is 41.3 Å². The van der Waals surface area contributed by atoms with Gasteiger partial charge in [0, 0.05) is 5.92 Å². The molecule has 1 N–H and O–H groups in total. The third-order valence-electron chi connectivity index (χ3n) is 5.43. The Labute approximate surface area is 175 Å². The largest absolute Gasteiger partial charge is 0.516 e. The first-order valence-corrected chi connectivity index (χ1v) is 9.95. The van der Waals surface area contributed by atoms with Gasteiger partial charge in [0.15, 0.2) is 0 Å². The Bertz CT molecular complexity index is 1000. The zero-order valence-electron chi connectivity index (χ0n) is 16.7. The lowest BCUT2D eigenvalue weighted by Gasteiger charge is -2.16. The van der Waals surface area contributed by atoms with Gasteiger partial charge < -0.3 is 14.8 Å². The van der Waals surface area contributed by atoms with Crippen molar-refractivity contribution in [3.8, 4) is 11.1 Å². The van der Waals surface area contributed by atoms with Crippen LogP contribution >= 0.6 is 0 Å². The van der Waals surface area contributed by atoms with E-state index in [1.807, 2.05) is 66.7 Å². The summed E-state index contributed by atoms with van der Waals surface area (Å²) in [7, 11) is 1.66. The highest BCUT2D eigenvalue weighted by Crippen LogP contribution is 2.44. The van der Waals surface area contributed by atoms with E-state index >= 15 is 0 Å². The van der Waals surface area contributed by atoms with E-state index in [4.69, 9.17) is 9.47 Å². The zero-order chi connectivity index (χ0) is 20.9. The van der Waals surface area contributed by atoms with Gasteiger partial charge in [0.05, 0.1) is 0 Å². The Morgan fingerprint density at radius 1 is 0.867 bits per heavy atom. The van der Waals surface area contributed by atoms with E-state index in [2.05, 4.69) is 17.4 Å². The number of hydrogen-bond acceptors (Lipinski definition) is 5.